The fourth-order valence-electron chi connectivity index (χ4n) is 6.03. The molecule has 0 unspecified atom stereocenters. The predicted octanol–water partition coefficient (Wildman–Crippen LogP) is -1.54. The number of hydrogen-bond acceptors (Lipinski definition) is 11. The fraction of sp³-hybridized carbons (Fsp3) is 0.667. The van der Waals surface area contributed by atoms with Gasteiger partial charge in [0.05, 0.1) is 6.10 Å². The van der Waals surface area contributed by atoms with Crippen molar-refractivity contribution in [1.82, 2.24) is 31.9 Å². The number of nitrogens with two attached hydrogens (primary N) is 4. The molecule has 1 aromatic rings. The van der Waals surface area contributed by atoms with Crippen LogP contribution in [0.1, 0.15) is 97.5 Å². The van der Waals surface area contributed by atoms with Gasteiger partial charge < -0.3 is 59.9 Å². The number of unbranched alkanes of at least 4 members (excludes halogenated alkanes) is 3. The lowest BCUT2D eigenvalue weighted by atomic mass is 9.96. The Balaban J connectivity index is 3.40. The number of amides is 7. The molecule has 0 aliphatic heterocycles. The summed E-state index contributed by atoms with van der Waals surface area (Å²) in [7, 11) is 0. The van der Waals surface area contributed by atoms with Crippen LogP contribution in [0.2, 0.25) is 0 Å². The fourth-order valence-corrected chi connectivity index (χ4v) is 6.03. The number of nitrogens with one attached hydrogen (secondary N) is 6. The number of hydrogen-bond donors (Lipinski definition) is 11. The molecule has 0 bridgehead atoms. The molecule has 18 heteroatoms. The van der Waals surface area contributed by atoms with Gasteiger partial charge in [-0.1, -0.05) is 50.6 Å². The van der Waals surface area contributed by atoms with Crippen LogP contribution >= 0.6 is 0 Å². The van der Waals surface area contributed by atoms with Crippen molar-refractivity contribution >= 4 is 41.4 Å². The molecule has 15 N–H and O–H groups in total. The summed E-state index contributed by atoms with van der Waals surface area (Å²) < 4.78 is 0. The van der Waals surface area contributed by atoms with Gasteiger partial charge in [0.2, 0.25) is 41.4 Å². The summed E-state index contributed by atoms with van der Waals surface area (Å²) in [6, 6.07) is 1.85. The van der Waals surface area contributed by atoms with Crippen LogP contribution in [0, 0.1) is 5.92 Å². The van der Waals surface area contributed by atoms with Crippen LogP contribution in [0.15, 0.2) is 30.3 Å². The highest BCUT2D eigenvalue weighted by Gasteiger charge is 2.35. The van der Waals surface area contributed by atoms with E-state index in [1.54, 1.807) is 37.3 Å². The number of aliphatic hydroxyl groups is 1. The average molecular weight is 805 g/mol. The summed E-state index contributed by atoms with van der Waals surface area (Å²) in [5, 5.41) is 26.1. The molecule has 57 heavy (non-hydrogen) atoms. The third-order valence-corrected chi connectivity index (χ3v) is 9.60. The van der Waals surface area contributed by atoms with Crippen molar-refractivity contribution in [1.29, 1.82) is 0 Å². The second kappa shape index (κ2) is 27.9. The first-order valence-electron chi connectivity index (χ1n) is 20.0. The molecule has 8 atom stereocenters. The van der Waals surface area contributed by atoms with Gasteiger partial charge in [-0.3, -0.25) is 33.6 Å². The summed E-state index contributed by atoms with van der Waals surface area (Å²) in [6.07, 6.45) is 3.05. The molecular weight excluding hydrogens is 736 g/mol. The number of benzene rings is 1. The van der Waals surface area contributed by atoms with E-state index in [4.69, 9.17) is 22.9 Å². The molecule has 0 aliphatic carbocycles. The predicted molar refractivity (Wildman–Crippen MR) is 216 cm³/mol. The van der Waals surface area contributed by atoms with Crippen molar-refractivity contribution in [2.45, 2.75) is 141 Å². The molecule has 0 spiro atoms. The van der Waals surface area contributed by atoms with Gasteiger partial charge >= 0.3 is 0 Å². The van der Waals surface area contributed by atoms with E-state index >= 15 is 0 Å². The van der Waals surface area contributed by atoms with Gasteiger partial charge in [-0.2, -0.15) is 0 Å². The third-order valence-electron chi connectivity index (χ3n) is 9.60. The highest BCUT2D eigenvalue weighted by atomic mass is 16.3. The summed E-state index contributed by atoms with van der Waals surface area (Å²) >= 11 is 0. The van der Waals surface area contributed by atoms with Crippen LogP contribution in [-0.2, 0) is 40.0 Å². The molecule has 1 aromatic carbocycles. The van der Waals surface area contributed by atoms with E-state index in [-0.39, 0.29) is 19.3 Å². The Hall–Kier alpha value is -4.65. The van der Waals surface area contributed by atoms with Crippen LogP contribution in [0.5, 0.6) is 0 Å². The van der Waals surface area contributed by atoms with E-state index in [9.17, 15) is 38.7 Å². The maximum Gasteiger partial charge on any atom is 0.243 e. The minimum atomic E-state index is -1.43. The van der Waals surface area contributed by atoms with Crippen molar-refractivity contribution < 1.29 is 38.7 Å². The van der Waals surface area contributed by atoms with E-state index in [2.05, 4.69) is 31.9 Å². The largest absolute Gasteiger partial charge is 0.391 e. The second-order valence-corrected chi connectivity index (χ2v) is 14.5. The van der Waals surface area contributed by atoms with E-state index in [0.29, 0.717) is 76.6 Å². The maximum atomic E-state index is 14.1. The first-order chi connectivity index (χ1) is 27.1. The van der Waals surface area contributed by atoms with Crippen molar-refractivity contribution in [2.24, 2.45) is 28.9 Å². The normalized spacial score (nSPS) is 15.3. The van der Waals surface area contributed by atoms with Crippen LogP contribution in [-0.4, -0.2) is 108 Å². The van der Waals surface area contributed by atoms with Gasteiger partial charge in [-0.15, -0.1) is 0 Å². The molecule has 7 amide bonds. The minimum Gasteiger partial charge on any atom is -0.391 e. The summed E-state index contributed by atoms with van der Waals surface area (Å²) in [4.78, 5) is 92.7. The van der Waals surface area contributed by atoms with E-state index < -0.39 is 89.6 Å². The molecule has 18 nitrogen and oxygen atoms in total. The Kier molecular flexibility index (Phi) is 24.6. The Morgan fingerprint density at radius 2 is 0.982 bits per heavy atom. The van der Waals surface area contributed by atoms with Crippen LogP contribution < -0.4 is 54.8 Å². The van der Waals surface area contributed by atoms with E-state index in [0.717, 1.165) is 0 Å². The topological polar surface area (TPSA) is 316 Å². The maximum absolute atomic E-state index is 14.1. The van der Waals surface area contributed by atoms with Gasteiger partial charge in [0.1, 0.15) is 36.3 Å². The van der Waals surface area contributed by atoms with Gasteiger partial charge in [0.25, 0.3) is 0 Å². The highest BCUT2D eigenvalue weighted by Crippen LogP contribution is 2.13. The first kappa shape index (κ1) is 50.4. The molecule has 0 saturated heterocycles. The number of carbonyl (C=O) groups is 7. The molecule has 0 aliphatic rings. The Morgan fingerprint density at radius 3 is 1.40 bits per heavy atom. The molecule has 0 aromatic heterocycles. The van der Waals surface area contributed by atoms with Crippen LogP contribution in [0.25, 0.3) is 0 Å². The lowest BCUT2D eigenvalue weighted by Crippen LogP contribution is -2.61. The van der Waals surface area contributed by atoms with Gasteiger partial charge in [0, 0.05) is 13.3 Å². The van der Waals surface area contributed by atoms with Crippen molar-refractivity contribution in [2.75, 3.05) is 19.6 Å². The monoisotopic (exact) mass is 805 g/mol. The van der Waals surface area contributed by atoms with Gasteiger partial charge in [-0.05, 0) is 95.8 Å². The molecule has 0 heterocycles. The Labute approximate surface area is 336 Å². The van der Waals surface area contributed by atoms with Crippen LogP contribution in [0.4, 0.5) is 0 Å². The number of primary amides is 1. The molecule has 0 radical (unpaired) electrons. The Morgan fingerprint density at radius 1 is 0.579 bits per heavy atom. The van der Waals surface area contributed by atoms with Gasteiger partial charge in [0.15, 0.2) is 0 Å². The number of aliphatic hydroxyl groups excluding tert-OH is 1. The zero-order valence-electron chi connectivity index (χ0n) is 34.0. The highest BCUT2D eigenvalue weighted by molar-refractivity contribution is 5.97. The summed E-state index contributed by atoms with van der Waals surface area (Å²) in [5.74, 6) is -5.14. The number of rotatable bonds is 29. The lowest BCUT2D eigenvalue weighted by molar-refractivity contribution is -0.136. The van der Waals surface area contributed by atoms with Gasteiger partial charge in [-0.25, -0.2) is 0 Å². The standard InChI is InChI=1S/C39H68N10O8/c1-5-24(2)32(48-37(55)30(19-11-14-22-42)45-35(53)28(44-26(4)51)17-9-12-20-40)39(57)46-29(18-10-13-21-41)36(54)47-31(23-27-15-7-6-8-16-27)38(56)49-33(25(3)50)34(43)52/h6-8,15-16,24-25,28-33,50H,5,9-14,17-23,40-42H2,1-4H3,(H2,43,52)(H,44,51)(H,45,53)(H,46,57)(H,47,54)(H,48,55)(H,49,56)/t24-,25+,28-,29-,30-,31-,32-,33-/m0/s1. The van der Waals surface area contributed by atoms with Crippen molar-refractivity contribution in [3.05, 3.63) is 35.9 Å². The average Bonchev–Trinajstić information content (AvgIpc) is 3.17. The zero-order valence-corrected chi connectivity index (χ0v) is 34.0. The summed E-state index contributed by atoms with van der Waals surface area (Å²) in [5.41, 5.74) is 23.1. The number of carbonyl (C=O) groups excluding carboxylic acids is 7. The molecule has 322 valence electrons. The summed E-state index contributed by atoms with van der Waals surface area (Å²) in [6.45, 7) is 7.29. The third kappa shape index (κ3) is 19.4. The Bertz CT molecular complexity index is 1420. The lowest BCUT2D eigenvalue weighted by Gasteiger charge is -2.30. The molecule has 0 saturated carbocycles. The molecule has 0 fully saturated rings. The quantitative estimate of drug-likeness (QED) is 0.0412. The van der Waals surface area contributed by atoms with Crippen molar-refractivity contribution in [3.63, 3.8) is 0 Å². The van der Waals surface area contributed by atoms with E-state index in [1.165, 1.54) is 13.8 Å². The second-order valence-electron chi connectivity index (χ2n) is 14.5. The van der Waals surface area contributed by atoms with Crippen molar-refractivity contribution in [3.8, 4) is 0 Å². The van der Waals surface area contributed by atoms with E-state index in [1.807, 2.05) is 6.92 Å². The zero-order chi connectivity index (χ0) is 42.9. The minimum absolute atomic E-state index is 0.00575. The SMILES string of the molecule is CC[C@H](C)[C@H](NC(=O)[C@H](CCCCN)NC(=O)[C@H](CCCCN)NC(C)=O)C(=O)N[C@@H](CCCCN)C(=O)N[C@@H](Cc1ccccc1)C(=O)N[C@H](C(N)=O)[C@@H](C)O. The molecular formula is C39H68N10O8. The smallest absolute Gasteiger partial charge is 0.243 e. The molecule has 1 rings (SSSR count). The van der Waals surface area contributed by atoms with Crippen LogP contribution in [0.3, 0.4) is 0 Å². The first-order valence-corrected chi connectivity index (χ1v) is 20.0.